The maximum absolute atomic E-state index is 11.7. The standard InChI is InChI=1S/C10H19N3O2.ClH/c1-12-4-5-15-9-7-13(6-8(9)12)10(14)2-3-11;/h8-9H,2-7,11H2,1H3;1H/t8-,9+;/m0./s1. The number of fused-ring (bicyclic) bond motifs is 1. The highest BCUT2D eigenvalue weighted by Gasteiger charge is 2.39. The van der Waals surface area contributed by atoms with E-state index in [-0.39, 0.29) is 24.4 Å². The molecule has 0 aromatic carbocycles. The molecule has 0 bridgehead atoms. The number of hydrogen-bond acceptors (Lipinski definition) is 4. The van der Waals surface area contributed by atoms with Gasteiger partial charge in [-0.2, -0.15) is 0 Å². The van der Waals surface area contributed by atoms with Crippen LogP contribution in [-0.4, -0.2) is 67.7 Å². The average Bonchev–Trinajstić information content (AvgIpc) is 2.63. The summed E-state index contributed by atoms with van der Waals surface area (Å²) in [5.74, 6) is 0.156. The van der Waals surface area contributed by atoms with Gasteiger partial charge in [0.1, 0.15) is 0 Å². The van der Waals surface area contributed by atoms with Crippen LogP contribution < -0.4 is 5.73 Å². The number of rotatable bonds is 2. The van der Waals surface area contributed by atoms with Crippen molar-refractivity contribution in [3.05, 3.63) is 0 Å². The first-order chi connectivity index (χ1) is 7.22. The molecule has 0 unspecified atom stereocenters. The summed E-state index contributed by atoms with van der Waals surface area (Å²) in [7, 11) is 2.09. The molecule has 2 atom stereocenters. The van der Waals surface area contributed by atoms with Gasteiger partial charge in [0.15, 0.2) is 0 Å². The molecule has 2 aliphatic heterocycles. The van der Waals surface area contributed by atoms with E-state index in [0.717, 1.165) is 26.2 Å². The normalized spacial score (nSPS) is 29.8. The monoisotopic (exact) mass is 249 g/mol. The van der Waals surface area contributed by atoms with E-state index >= 15 is 0 Å². The third-order valence-electron chi connectivity index (χ3n) is 3.29. The Balaban J connectivity index is 0.00000128. The fraction of sp³-hybridized carbons (Fsp3) is 0.900. The van der Waals surface area contributed by atoms with Crippen molar-refractivity contribution in [1.29, 1.82) is 0 Å². The zero-order chi connectivity index (χ0) is 10.8. The Bertz CT molecular complexity index is 252. The second-order valence-corrected chi connectivity index (χ2v) is 4.29. The molecule has 2 rings (SSSR count). The molecule has 2 aliphatic rings. The smallest absolute Gasteiger partial charge is 0.223 e. The summed E-state index contributed by atoms with van der Waals surface area (Å²) >= 11 is 0. The molecule has 2 heterocycles. The topological polar surface area (TPSA) is 58.8 Å². The summed E-state index contributed by atoms with van der Waals surface area (Å²) in [6.07, 6.45) is 0.647. The molecular formula is C10H20ClN3O2. The van der Waals surface area contributed by atoms with Crippen molar-refractivity contribution >= 4 is 18.3 Å². The molecule has 94 valence electrons. The molecule has 0 spiro atoms. The number of ether oxygens (including phenoxy) is 1. The lowest BCUT2D eigenvalue weighted by Gasteiger charge is -2.33. The lowest BCUT2D eigenvalue weighted by molar-refractivity contribution is -0.130. The van der Waals surface area contributed by atoms with E-state index in [4.69, 9.17) is 10.5 Å². The number of likely N-dealkylation sites (tertiary alicyclic amines) is 1. The van der Waals surface area contributed by atoms with E-state index in [1.807, 2.05) is 4.90 Å². The van der Waals surface area contributed by atoms with Crippen molar-refractivity contribution < 1.29 is 9.53 Å². The van der Waals surface area contributed by atoms with Crippen molar-refractivity contribution in [3.8, 4) is 0 Å². The highest BCUT2D eigenvalue weighted by atomic mass is 35.5. The fourth-order valence-corrected chi connectivity index (χ4v) is 2.34. The Morgan fingerprint density at radius 2 is 2.25 bits per heavy atom. The third-order valence-corrected chi connectivity index (χ3v) is 3.29. The minimum Gasteiger partial charge on any atom is -0.373 e. The zero-order valence-corrected chi connectivity index (χ0v) is 10.4. The van der Waals surface area contributed by atoms with Crippen molar-refractivity contribution in [2.75, 3.05) is 39.8 Å². The summed E-state index contributed by atoms with van der Waals surface area (Å²) in [4.78, 5) is 15.8. The number of morpholine rings is 1. The maximum atomic E-state index is 11.7. The van der Waals surface area contributed by atoms with Crippen molar-refractivity contribution in [2.45, 2.75) is 18.6 Å². The molecule has 0 aromatic rings. The lowest BCUT2D eigenvalue weighted by Crippen LogP contribution is -2.48. The first kappa shape index (κ1) is 13.7. The number of carbonyl (C=O) groups excluding carboxylic acids is 1. The summed E-state index contributed by atoms with van der Waals surface area (Å²) in [6.45, 7) is 3.69. The third kappa shape index (κ3) is 2.66. The first-order valence-corrected chi connectivity index (χ1v) is 5.52. The zero-order valence-electron chi connectivity index (χ0n) is 9.59. The number of likely N-dealkylation sites (N-methyl/N-ethyl adjacent to an activating group) is 1. The van der Waals surface area contributed by atoms with Crippen LogP contribution in [-0.2, 0) is 9.53 Å². The Hall–Kier alpha value is -0.360. The fourth-order valence-electron chi connectivity index (χ4n) is 2.34. The number of nitrogens with two attached hydrogens (primary N) is 1. The van der Waals surface area contributed by atoms with E-state index < -0.39 is 0 Å². The highest BCUT2D eigenvalue weighted by Crippen LogP contribution is 2.21. The van der Waals surface area contributed by atoms with Gasteiger partial charge in [-0.3, -0.25) is 9.69 Å². The molecule has 6 heteroatoms. The van der Waals surface area contributed by atoms with Crippen LogP contribution in [0.5, 0.6) is 0 Å². The molecule has 5 nitrogen and oxygen atoms in total. The van der Waals surface area contributed by atoms with Crippen LogP contribution in [0.25, 0.3) is 0 Å². The number of carbonyl (C=O) groups is 1. The largest absolute Gasteiger partial charge is 0.373 e. The van der Waals surface area contributed by atoms with Gasteiger partial charge >= 0.3 is 0 Å². The molecule has 2 N–H and O–H groups in total. The maximum Gasteiger partial charge on any atom is 0.223 e. The molecular weight excluding hydrogens is 230 g/mol. The van der Waals surface area contributed by atoms with Gasteiger partial charge in [0.05, 0.1) is 18.8 Å². The van der Waals surface area contributed by atoms with E-state index in [1.54, 1.807) is 0 Å². The quantitative estimate of drug-likeness (QED) is 0.703. The van der Waals surface area contributed by atoms with E-state index in [9.17, 15) is 4.79 Å². The van der Waals surface area contributed by atoms with Gasteiger partial charge in [-0.25, -0.2) is 0 Å². The summed E-state index contributed by atoms with van der Waals surface area (Å²) in [6, 6.07) is 0.375. The predicted octanol–water partition coefficient (Wildman–Crippen LogP) is -0.702. The molecule has 0 aliphatic carbocycles. The molecule has 1 amide bonds. The van der Waals surface area contributed by atoms with E-state index in [0.29, 0.717) is 19.0 Å². The number of amides is 1. The van der Waals surface area contributed by atoms with E-state index in [1.165, 1.54) is 0 Å². The van der Waals surface area contributed by atoms with Gasteiger partial charge in [0, 0.05) is 32.6 Å². The molecule has 2 saturated heterocycles. The first-order valence-electron chi connectivity index (χ1n) is 5.52. The Morgan fingerprint density at radius 3 is 2.88 bits per heavy atom. The lowest BCUT2D eigenvalue weighted by atomic mass is 10.1. The molecule has 0 aromatic heterocycles. The summed E-state index contributed by atoms with van der Waals surface area (Å²) in [5.41, 5.74) is 5.38. The molecule has 0 radical (unpaired) electrons. The van der Waals surface area contributed by atoms with Gasteiger partial charge in [-0.1, -0.05) is 0 Å². The Morgan fingerprint density at radius 1 is 1.50 bits per heavy atom. The highest BCUT2D eigenvalue weighted by molar-refractivity contribution is 5.85. The van der Waals surface area contributed by atoms with Crippen LogP contribution in [0.15, 0.2) is 0 Å². The minimum atomic E-state index is 0. The van der Waals surface area contributed by atoms with Crippen molar-refractivity contribution in [1.82, 2.24) is 9.80 Å². The molecule has 2 fully saturated rings. The van der Waals surface area contributed by atoms with Crippen LogP contribution in [0.2, 0.25) is 0 Å². The summed E-state index contributed by atoms with van der Waals surface area (Å²) in [5, 5.41) is 0. The van der Waals surface area contributed by atoms with Gasteiger partial charge in [0.25, 0.3) is 0 Å². The second kappa shape index (κ2) is 5.82. The van der Waals surface area contributed by atoms with Crippen LogP contribution in [0.1, 0.15) is 6.42 Å². The van der Waals surface area contributed by atoms with Crippen LogP contribution in [0.3, 0.4) is 0 Å². The predicted molar refractivity (Wildman–Crippen MR) is 63.7 cm³/mol. The number of nitrogens with zero attached hydrogens (tertiary/aromatic N) is 2. The van der Waals surface area contributed by atoms with Crippen LogP contribution in [0, 0.1) is 0 Å². The molecule has 16 heavy (non-hydrogen) atoms. The Kier molecular flexibility index (Phi) is 4.98. The Labute approximate surface area is 102 Å². The van der Waals surface area contributed by atoms with Crippen molar-refractivity contribution in [2.24, 2.45) is 5.73 Å². The molecule has 0 saturated carbocycles. The minimum absolute atomic E-state index is 0. The van der Waals surface area contributed by atoms with Gasteiger partial charge in [-0.15, -0.1) is 12.4 Å². The van der Waals surface area contributed by atoms with Crippen molar-refractivity contribution in [3.63, 3.8) is 0 Å². The van der Waals surface area contributed by atoms with Crippen LogP contribution >= 0.6 is 12.4 Å². The second-order valence-electron chi connectivity index (χ2n) is 4.29. The summed E-state index contributed by atoms with van der Waals surface area (Å²) < 4.78 is 5.66. The van der Waals surface area contributed by atoms with E-state index in [2.05, 4.69) is 11.9 Å². The van der Waals surface area contributed by atoms with Crippen LogP contribution in [0.4, 0.5) is 0 Å². The van der Waals surface area contributed by atoms with Gasteiger partial charge in [0.2, 0.25) is 5.91 Å². The number of halogens is 1. The van der Waals surface area contributed by atoms with Gasteiger partial charge in [-0.05, 0) is 7.05 Å². The number of hydrogen-bond donors (Lipinski definition) is 1. The van der Waals surface area contributed by atoms with Gasteiger partial charge < -0.3 is 15.4 Å². The average molecular weight is 250 g/mol. The SMILES string of the molecule is CN1CCO[C@@H]2CN(C(=O)CCN)C[C@@H]21.Cl.